The molecule has 0 aromatic rings. The molecule has 0 bridgehead atoms. The van der Waals surface area contributed by atoms with E-state index in [1.54, 1.807) is 0 Å². The highest BCUT2D eigenvalue weighted by molar-refractivity contribution is 7.80. The number of hydrogen-bond donors (Lipinski definition) is 3. The number of carbonyl (C=O) groups excluding carboxylic acids is 1. The molecule has 0 radical (unpaired) electrons. The minimum atomic E-state index is -1.01. The van der Waals surface area contributed by atoms with E-state index in [0.717, 1.165) is 25.7 Å². The van der Waals surface area contributed by atoms with Gasteiger partial charge in [0.25, 0.3) is 0 Å². The van der Waals surface area contributed by atoms with Crippen molar-refractivity contribution in [2.75, 3.05) is 12.3 Å². The van der Waals surface area contributed by atoms with Gasteiger partial charge >= 0.3 is 5.97 Å². The number of nitrogens with one attached hydrogen (secondary N) is 1. The predicted molar refractivity (Wildman–Crippen MR) is 113 cm³/mol. The molecule has 26 heavy (non-hydrogen) atoms. The largest absolute Gasteiger partial charge is 0.481 e. The number of unbranched alkanes of at least 4 members (excludes halogenated alkanes) is 12. The Morgan fingerprint density at radius 2 is 1.27 bits per heavy atom. The van der Waals surface area contributed by atoms with Crippen LogP contribution in [0.25, 0.3) is 0 Å². The molecule has 5 heteroatoms. The first kappa shape index (κ1) is 25.3. The summed E-state index contributed by atoms with van der Waals surface area (Å²) < 4.78 is 0. The maximum atomic E-state index is 11.9. The monoisotopic (exact) mass is 387 g/mol. The molecule has 0 aromatic carbocycles. The first-order valence-corrected chi connectivity index (χ1v) is 11.4. The fourth-order valence-corrected chi connectivity index (χ4v) is 3.30. The minimum absolute atomic E-state index is 0.349. The third kappa shape index (κ3) is 15.5. The van der Waals surface area contributed by atoms with E-state index >= 15 is 0 Å². The molecule has 1 atom stereocenters. The molecule has 0 aliphatic carbocycles. The van der Waals surface area contributed by atoms with Gasteiger partial charge in [0.1, 0.15) is 5.92 Å². The Bertz CT molecular complexity index is 350. The third-order valence-electron chi connectivity index (χ3n) is 4.85. The number of hydrogen-bond acceptors (Lipinski definition) is 3. The molecule has 0 aromatic heterocycles. The molecule has 1 unspecified atom stereocenters. The molecule has 4 nitrogen and oxygen atoms in total. The van der Waals surface area contributed by atoms with E-state index in [1.165, 1.54) is 64.2 Å². The fraction of sp³-hybridized carbons (Fsp3) is 0.905. The summed E-state index contributed by atoms with van der Waals surface area (Å²) in [4.78, 5) is 23.1. The molecule has 0 heterocycles. The topological polar surface area (TPSA) is 66.4 Å². The Morgan fingerprint density at radius 1 is 0.808 bits per heavy atom. The zero-order valence-electron chi connectivity index (χ0n) is 16.8. The summed E-state index contributed by atoms with van der Waals surface area (Å²) in [6, 6.07) is 0. The lowest BCUT2D eigenvalue weighted by atomic mass is 9.99. The third-order valence-corrected chi connectivity index (χ3v) is 5.16. The first-order chi connectivity index (χ1) is 12.6. The predicted octanol–water partition coefficient (Wildman–Crippen LogP) is 5.60. The number of carbonyl (C=O) groups is 2. The van der Waals surface area contributed by atoms with Crippen LogP contribution in [0.4, 0.5) is 0 Å². The van der Waals surface area contributed by atoms with Gasteiger partial charge in [0.15, 0.2) is 0 Å². The van der Waals surface area contributed by atoms with Gasteiger partial charge in [-0.05, 0) is 18.6 Å². The normalized spacial score (nSPS) is 12.1. The SMILES string of the molecule is CCCCCCCCCCCCCCCC(C(=O)O)C(=O)NCCCS. The maximum Gasteiger partial charge on any atom is 0.316 e. The zero-order valence-corrected chi connectivity index (χ0v) is 17.7. The lowest BCUT2D eigenvalue weighted by Gasteiger charge is -2.12. The van der Waals surface area contributed by atoms with Crippen LogP contribution in [0.3, 0.4) is 0 Å². The quantitative estimate of drug-likeness (QED) is 0.153. The summed E-state index contributed by atoms with van der Waals surface area (Å²) in [5.41, 5.74) is 0. The van der Waals surface area contributed by atoms with Crippen molar-refractivity contribution in [2.24, 2.45) is 5.92 Å². The van der Waals surface area contributed by atoms with Crippen LogP contribution in [-0.2, 0) is 9.59 Å². The highest BCUT2D eigenvalue weighted by atomic mass is 32.1. The molecule has 0 saturated carbocycles. The van der Waals surface area contributed by atoms with Gasteiger partial charge in [0.05, 0.1) is 0 Å². The molecule has 2 N–H and O–H groups in total. The van der Waals surface area contributed by atoms with Crippen molar-refractivity contribution in [3.05, 3.63) is 0 Å². The highest BCUT2D eigenvalue weighted by Gasteiger charge is 2.24. The minimum Gasteiger partial charge on any atom is -0.481 e. The van der Waals surface area contributed by atoms with Gasteiger partial charge < -0.3 is 10.4 Å². The van der Waals surface area contributed by atoms with Crippen LogP contribution in [-0.4, -0.2) is 29.3 Å². The van der Waals surface area contributed by atoms with E-state index in [9.17, 15) is 14.7 Å². The fourth-order valence-electron chi connectivity index (χ4n) is 3.15. The molecule has 0 aliphatic rings. The van der Waals surface area contributed by atoms with Gasteiger partial charge in [0, 0.05) is 6.54 Å². The molecular formula is C21H41NO3S. The Kier molecular flexibility index (Phi) is 18.5. The van der Waals surface area contributed by atoms with E-state index in [1.807, 2.05) is 0 Å². The summed E-state index contributed by atoms with van der Waals surface area (Å²) in [6.07, 6.45) is 17.6. The van der Waals surface area contributed by atoms with Gasteiger partial charge in [0.2, 0.25) is 5.91 Å². The van der Waals surface area contributed by atoms with Crippen molar-refractivity contribution in [1.82, 2.24) is 5.32 Å². The second-order valence-electron chi connectivity index (χ2n) is 7.29. The van der Waals surface area contributed by atoms with E-state index in [4.69, 9.17) is 0 Å². The Balaban J connectivity index is 3.53. The van der Waals surface area contributed by atoms with Crippen LogP contribution in [0.1, 0.15) is 103 Å². The first-order valence-electron chi connectivity index (χ1n) is 10.7. The molecule has 0 saturated heterocycles. The van der Waals surface area contributed by atoms with E-state index in [0.29, 0.717) is 18.7 Å². The van der Waals surface area contributed by atoms with Crippen LogP contribution in [0.2, 0.25) is 0 Å². The molecule has 1 amide bonds. The maximum absolute atomic E-state index is 11.9. The van der Waals surface area contributed by atoms with E-state index in [-0.39, 0.29) is 5.91 Å². The number of rotatable bonds is 19. The van der Waals surface area contributed by atoms with E-state index in [2.05, 4.69) is 24.9 Å². The number of carboxylic acids is 1. The van der Waals surface area contributed by atoms with Crippen LogP contribution >= 0.6 is 12.6 Å². The molecule has 0 spiro atoms. The Morgan fingerprint density at radius 3 is 1.69 bits per heavy atom. The lowest BCUT2D eigenvalue weighted by molar-refractivity contribution is -0.147. The average Bonchev–Trinajstić information content (AvgIpc) is 2.61. The zero-order chi connectivity index (χ0) is 19.5. The van der Waals surface area contributed by atoms with Crippen LogP contribution in [0.5, 0.6) is 0 Å². The van der Waals surface area contributed by atoms with Crippen molar-refractivity contribution in [3.8, 4) is 0 Å². The second-order valence-corrected chi connectivity index (χ2v) is 7.74. The van der Waals surface area contributed by atoms with Gasteiger partial charge in [-0.1, -0.05) is 90.4 Å². The molecule has 154 valence electrons. The highest BCUT2D eigenvalue weighted by Crippen LogP contribution is 2.15. The summed E-state index contributed by atoms with van der Waals surface area (Å²) in [5.74, 6) is -1.56. The van der Waals surface area contributed by atoms with Crippen molar-refractivity contribution in [1.29, 1.82) is 0 Å². The molecular weight excluding hydrogens is 346 g/mol. The average molecular weight is 388 g/mol. The summed E-state index contributed by atoms with van der Waals surface area (Å²) in [7, 11) is 0. The Hall–Kier alpha value is -0.710. The summed E-state index contributed by atoms with van der Waals surface area (Å²) >= 11 is 4.08. The van der Waals surface area contributed by atoms with Crippen LogP contribution in [0.15, 0.2) is 0 Å². The molecule has 0 rings (SSSR count). The molecule has 0 aliphatic heterocycles. The van der Waals surface area contributed by atoms with Gasteiger partial charge in [-0.25, -0.2) is 0 Å². The van der Waals surface area contributed by atoms with Crippen molar-refractivity contribution in [2.45, 2.75) is 103 Å². The van der Waals surface area contributed by atoms with Crippen molar-refractivity contribution >= 4 is 24.5 Å². The van der Waals surface area contributed by atoms with Crippen LogP contribution < -0.4 is 5.32 Å². The standard InChI is InChI=1S/C21H41NO3S/c1-2-3-4-5-6-7-8-9-10-11-12-13-14-16-19(21(24)25)20(23)22-17-15-18-26/h19,26H,2-18H2,1H3,(H,22,23)(H,24,25). The van der Waals surface area contributed by atoms with Crippen molar-refractivity contribution < 1.29 is 14.7 Å². The van der Waals surface area contributed by atoms with Gasteiger partial charge in [-0.3, -0.25) is 9.59 Å². The number of thiol groups is 1. The lowest BCUT2D eigenvalue weighted by Crippen LogP contribution is -2.36. The van der Waals surface area contributed by atoms with Crippen molar-refractivity contribution in [3.63, 3.8) is 0 Å². The van der Waals surface area contributed by atoms with Crippen LogP contribution in [0, 0.1) is 5.92 Å². The molecule has 0 fully saturated rings. The Labute approximate surface area is 166 Å². The number of aliphatic carboxylic acids is 1. The summed E-state index contributed by atoms with van der Waals surface area (Å²) in [6.45, 7) is 2.76. The smallest absolute Gasteiger partial charge is 0.316 e. The van der Waals surface area contributed by atoms with Gasteiger partial charge in [-0.2, -0.15) is 12.6 Å². The van der Waals surface area contributed by atoms with Gasteiger partial charge in [-0.15, -0.1) is 0 Å². The second kappa shape index (κ2) is 19.1. The number of carboxylic acid groups (broad SMARTS) is 1. The summed E-state index contributed by atoms with van der Waals surface area (Å²) in [5, 5.41) is 11.9. The van der Waals surface area contributed by atoms with E-state index < -0.39 is 11.9 Å². The number of amides is 1.